The second kappa shape index (κ2) is 6.93. The van der Waals surface area contributed by atoms with Crippen molar-refractivity contribution >= 4 is 0 Å². The molecule has 1 aromatic carbocycles. The van der Waals surface area contributed by atoms with E-state index in [2.05, 4.69) is 12.1 Å². The van der Waals surface area contributed by atoms with E-state index in [4.69, 9.17) is 9.47 Å². The fourth-order valence-electron chi connectivity index (χ4n) is 2.47. The van der Waals surface area contributed by atoms with Gasteiger partial charge in [0.15, 0.2) is 5.41 Å². The molecule has 1 atom stereocenters. The van der Waals surface area contributed by atoms with Gasteiger partial charge in [0.25, 0.3) is 0 Å². The van der Waals surface area contributed by atoms with Gasteiger partial charge >= 0.3 is 0 Å². The highest BCUT2D eigenvalue weighted by Gasteiger charge is 2.33. The third kappa shape index (κ3) is 3.19. The molecule has 0 fully saturated rings. The molecule has 1 unspecified atom stereocenters. The molecule has 0 aliphatic heterocycles. The third-order valence-corrected chi connectivity index (χ3v) is 3.87. The minimum atomic E-state index is -1.19. The summed E-state index contributed by atoms with van der Waals surface area (Å²) in [5.41, 5.74) is 0.469. The molecule has 0 spiro atoms. The fraction of sp³-hybridized carbons (Fsp3) is 0.333. The van der Waals surface area contributed by atoms with Crippen LogP contribution in [0.2, 0.25) is 0 Å². The lowest BCUT2D eigenvalue weighted by atomic mass is 9.77. The number of hydrogen-bond acceptors (Lipinski definition) is 4. The molecule has 1 aliphatic carbocycles. The van der Waals surface area contributed by atoms with E-state index >= 15 is 0 Å². The molecule has 0 radical (unpaired) electrons. The molecule has 1 aliphatic rings. The Labute approximate surface area is 130 Å². The molecular weight excluding hydrogens is 276 g/mol. The summed E-state index contributed by atoms with van der Waals surface area (Å²) in [6.45, 7) is 0. The van der Waals surface area contributed by atoms with E-state index in [-0.39, 0.29) is 6.10 Å². The number of methoxy groups -OCH3 is 2. The Balaban J connectivity index is 2.26. The van der Waals surface area contributed by atoms with Crippen molar-refractivity contribution in [3.63, 3.8) is 0 Å². The Hall–Kier alpha value is -2.56. The molecule has 0 heterocycles. The van der Waals surface area contributed by atoms with Crippen molar-refractivity contribution in [3.8, 4) is 17.9 Å². The molecule has 0 saturated heterocycles. The molecule has 0 bridgehead atoms. The van der Waals surface area contributed by atoms with Gasteiger partial charge in [-0.2, -0.15) is 10.5 Å². The van der Waals surface area contributed by atoms with Gasteiger partial charge in [-0.25, -0.2) is 0 Å². The highest BCUT2D eigenvalue weighted by Crippen LogP contribution is 2.33. The van der Waals surface area contributed by atoms with Gasteiger partial charge in [-0.1, -0.05) is 30.4 Å². The SMILES string of the molecule is COc1ccc(C(C#N)(C#N)CC2=CCC(OC)C=C2)cc1. The molecule has 2 rings (SSSR count). The van der Waals surface area contributed by atoms with E-state index in [0.29, 0.717) is 17.7 Å². The number of benzene rings is 1. The highest BCUT2D eigenvalue weighted by molar-refractivity contribution is 5.45. The van der Waals surface area contributed by atoms with Crippen molar-refractivity contribution in [1.82, 2.24) is 0 Å². The van der Waals surface area contributed by atoms with Gasteiger partial charge in [0.05, 0.1) is 25.4 Å². The first-order valence-electron chi connectivity index (χ1n) is 7.04. The van der Waals surface area contributed by atoms with E-state index in [1.807, 2.05) is 18.2 Å². The zero-order valence-electron chi connectivity index (χ0n) is 12.7. The fourth-order valence-corrected chi connectivity index (χ4v) is 2.47. The summed E-state index contributed by atoms with van der Waals surface area (Å²) in [5.74, 6) is 0.702. The Morgan fingerprint density at radius 2 is 1.86 bits per heavy atom. The molecule has 0 amide bonds. The predicted octanol–water partition coefficient (Wildman–Crippen LogP) is 3.27. The van der Waals surface area contributed by atoms with Crippen LogP contribution in [-0.2, 0) is 10.2 Å². The van der Waals surface area contributed by atoms with Crippen LogP contribution in [-0.4, -0.2) is 20.3 Å². The van der Waals surface area contributed by atoms with E-state index in [9.17, 15) is 10.5 Å². The molecule has 1 aromatic rings. The van der Waals surface area contributed by atoms with Gasteiger partial charge in [-0.3, -0.25) is 0 Å². The Morgan fingerprint density at radius 3 is 2.32 bits per heavy atom. The van der Waals surface area contributed by atoms with Crippen molar-refractivity contribution in [3.05, 3.63) is 53.6 Å². The standard InChI is InChI=1S/C18H18N2O2/c1-21-16-7-3-14(4-8-16)11-18(12-19,13-20)15-5-9-17(22-2)10-6-15/h3-7,9-10,16H,8,11H2,1-2H3. The highest BCUT2D eigenvalue weighted by atomic mass is 16.5. The van der Waals surface area contributed by atoms with Crippen LogP contribution in [0.3, 0.4) is 0 Å². The van der Waals surface area contributed by atoms with Crippen molar-refractivity contribution in [1.29, 1.82) is 10.5 Å². The van der Waals surface area contributed by atoms with E-state index < -0.39 is 5.41 Å². The van der Waals surface area contributed by atoms with Gasteiger partial charge in [0.2, 0.25) is 0 Å². The van der Waals surface area contributed by atoms with Crippen LogP contribution in [0.1, 0.15) is 18.4 Å². The number of ether oxygens (including phenoxy) is 2. The molecule has 0 N–H and O–H groups in total. The first-order chi connectivity index (χ1) is 10.7. The van der Waals surface area contributed by atoms with Crippen molar-refractivity contribution in [2.45, 2.75) is 24.4 Å². The Kier molecular flexibility index (Phi) is 4.99. The maximum atomic E-state index is 9.61. The lowest BCUT2D eigenvalue weighted by Crippen LogP contribution is -2.23. The quantitative estimate of drug-likeness (QED) is 0.836. The van der Waals surface area contributed by atoms with Gasteiger partial charge in [0.1, 0.15) is 5.75 Å². The summed E-state index contributed by atoms with van der Waals surface area (Å²) in [6.07, 6.45) is 7.12. The number of nitriles is 2. The van der Waals surface area contributed by atoms with E-state index in [1.165, 1.54) is 0 Å². The number of allylic oxidation sites excluding steroid dienone is 2. The van der Waals surface area contributed by atoms with Crippen LogP contribution >= 0.6 is 0 Å². The normalized spacial score (nSPS) is 17.3. The van der Waals surface area contributed by atoms with Crippen LogP contribution in [0.25, 0.3) is 0 Å². The average Bonchev–Trinajstić information content (AvgIpc) is 2.60. The predicted molar refractivity (Wildman–Crippen MR) is 83.2 cm³/mol. The van der Waals surface area contributed by atoms with Gasteiger partial charge in [-0.15, -0.1) is 0 Å². The van der Waals surface area contributed by atoms with E-state index in [1.54, 1.807) is 38.5 Å². The molecule has 0 aromatic heterocycles. The Morgan fingerprint density at radius 1 is 1.18 bits per heavy atom. The van der Waals surface area contributed by atoms with Crippen molar-refractivity contribution < 1.29 is 9.47 Å². The molecule has 4 nitrogen and oxygen atoms in total. The summed E-state index contributed by atoms with van der Waals surface area (Å²) < 4.78 is 10.4. The third-order valence-electron chi connectivity index (χ3n) is 3.87. The number of rotatable bonds is 5. The monoisotopic (exact) mass is 294 g/mol. The summed E-state index contributed by atoms with van der Waals surface area (Å²) in [6, 6.07) is 11.5. The average molecular weight is 294 g/mol. The van der Waals surface area contributed by atoms with Gasteiger partial charge < -0.3 is 9.47 Å². The smallest absolute Gasteiger partial charge is 0.172 e. The molecule has 22 heavy (non-hydrogen) atoms. The van der Waals surface area contributed by atoms with Gasteiger partial charge in [0, 0.05) is 13.5 Å². The second-order valence-corrected chi connectivity index (χ2v) is 5.18. The molecule has 4 heteroatoms. The minimum absolute atomic E-state index is 0.0725. The zero-order valence-corrected chi connectivity index (χ0v) is 12.7. The summed E-state index contributed by atoms with van der Waals surface area (Å²) in [4.78, 5) is 0. The number of hydrogen-bond donors (Lipinski definition) is 0. The second-order valence-electron chi connectivity index (χ2n) is 5.18. The maximum Gasteiger partial charge on any atom is 0.172 e. The minimum Gasteiger partial charge on any atom is -0.497 e. The Bertz CT molecular complexity index is 646. The van der Waals surface area contributed by atoms with Crippen LogP contribution in [0.15, 0.2) is 48.1 Å². The lowest BCUT2D eigenvalue weighted by molar-refractivity contribution is 0.142. The summed E-state index contributed by atoms with van der Waals surface area (Å²) >= 11 is 0. The van der Waals surface area contributed by atoms with Crippen LogP contribution in [0, 0.1) is 22.7 Å². The lowest BCUT2D eigenvalue weighted by Gasteiger charge is -2.22. The maximum absolute atomic E-state index is 9.61. The summed E-state index contributed by atoms with van der Waals surface area (Å²) in [5, 5.41) is 19.2. The van der Waals surface area contributed by atoms with Crippen LogP contribution < -0.4 is 4.74 Å². The topological polar surface area (TPSA) is 66.0 Å². The summed E-state index contributed by atoms with van der Waals surface area (Å²) in [7, 11) is 3.25. The first-order valence-corrected chi connectivity index (χ1v) is 7.04. The van der Waals surface area contributed by atoms with Crippen molar-refractivity contribution in [2.75, 3.05) is 14.2 Å². The van der Waals surface area contributed by atoms with Crippen molar-refractivity contribution in [2.24, 2.45) is 0 Å². The first kappa shape index (κ1) is 15.8. The zero-order chi connectivity index (χ0) is 16.0. The van der Waals surface area contributed by atoms with Gasteiger partial charge in [-0.05, 0) is 29.7 Å². The molecule has 112 valence electrons. The number of nitrogens with zero attached hydrogens (tertiary/aromatic N) is 2. The van der Waals surface area contributed by atoms with Crippen LogP contribution in [0.4, 0.5) is 0 Å². The van der Waals surface area contributed by atoms with Crippen LogP contribution in [0.5, 0.6) is 5.75 Å². The molecule has 0 saturated carbocycles. The van der Waals surface area contributed by atoms with E-state index in [0.717, 1.165) is 12.0 Å². The molecular formula is C18H18N2O2. The largest absolute Gasteiger partial charge is 0.497 e.